The fourth-order valence-corrected chi connectivity index (χ4v) is 5.38. The molecule has 0 aliphatic carbocycles. The predicted molar refractivity (Wildman–Crippen MR) is 121 cm³/mol. The zero-order valence-electron chi connectivity index (χ0n) is 19.9. The van der Waals surface area contributed by atoms with E-state index < -0.39 is 23.2 Å². The average molecular weight is 470 g/mol. The summed E-state index contributed by atoms with van der Waals surface area (Å²) < 4.78 is 12.1. The topological polar surface area (TPSA) is 105 Å². The lowest BCUT2D eigenvalue weighted by atomic mass is 9.82. The first kappa shape index (κ1) is 22.7. The molecule has 2 saturated heterocycles. The number of imide groups is 1. The minimum Gasteiger partial charge on any atom is -0.486 e. The van der Waals surface area contributed by atoms with Crippen LogP contribution in [0.1, 0.15) is 74.4 Å². The molecule has 4 heterocycles. The number of nitrogens with zero attached hydrogens (tertiary/aromatic N) is 2. The van der Waals surface area contributed by atoms with Gasteiger partial charge in [-0.2, -0.15) is 0 Å². The van der Waals surface area contributed by atoms with Crippen LogP contribution >= 0.6 is 0 Å². The Kier molecular flexibility index (Phi) is 5.33. The standard InChI is InChI=1S/C25H31N3O6/c1-24(2,3)34-23(32)27-12-10-25(11-13-27)9-8-15-4-5-16-14-28(22(31)19(16)20(15)33-25)17-6-7-18(29)26-21(17)30/h4-5,17H,6-14H2,1-3H3,(H,26,29,30). The van der Waals surface area contributed by atoms with Crippen LogP contribution in [-0.4, -0.2) is 63.9 Å². The van der Waals surface area contributed by atoms with Gasteiger partial charge in [0.15, 0.2) is 0 Å². The van der Waals surface area contributed by atoms with Crippen molar-refractivity contribution in [2.24, 2.45) is 0 Å². The van der Waals surface area contributed by atoms with E-state index in [1.165, 1.54) is 0 Å². The van der Waals surface area contributed by atoms with Gasteiger partial charge in [-0.1, -0.05) is 12.1 Å². The molecule has 0 aromatic heterocycles. The van der Waals surface area contributed by atoms with E-state index in [1.54, 1.807) is 9.80 Å². The third-order valence-corrected chi connectivity index (χ3v) is 7.22. The lowest BCUT2D eigenvalue weighted by molar-refractivity contribution is -0.136. The number of likely N-dealkylation sites (tertiary alicyclic amines) is 1. The van der Waals surface area contributed by atoms with Gasteiger partial charge in [0, 0.05) is 38.9 Å². The van der Waals surface area contributed by atoms with Crippen LogP contribution < -0.4 is 10.1 Å². The lowest BCUT2D eigenvalue weighted by Gasteiger charge is -2.45. The number of ether oxygens (including phenoxy) is 2. The molecular formula is C25H31N3O6. The Balaban J connectivity index is 1.33. The third-order valence-electron chi connectivity index (χ3n) is 7.22. The van der Waals surface area contributed by atoms with E-state index in [0.29, 0.717) is 50.2 Å². The second-order valence-electron chi connectivity index (χ2n) is 10.7. The van der Waals surface area contributed by atoms with Crippen LogP contribution in [0.15, 0.2) is 12.1 Å². The summed E-state index contributed by atoms with van der Waals surface area (Å²) in [5, 5.41) is 2.34. The van der Waals surface area contributed by atoms with Crippen LogP contribution in [0, 0.1) is 0 Å². The van der Waals surface area contributed by atoms with E-state index in [9.17, 15) is 19.2 Å². The monoisotopic (exact) mass is 469 g/mol. The zero-order chi connectivity index (χ0) is 24.3. The highest BCUT2D eigenvalue weighted by Gasteiger charge is 2.46. The van der Waals surface area contributed by atoms with Gasteiger partial charge in [-0.15, -0.1) is 0 Å². The van der Waals surface area contributed by atoms with Crippen molar-refractivity contribution in [1.82, 2.24) is 15.1 Å². The molecule has 182 valence electrons. The maximum Gasteiger partial charge on any atom is 0.410 e. The van der Waals surface area contributed by atoms with Crippen molar-refractivity contribution in [2.75, 3.05) is 13.1 Å². The van der Waals surface area contributed by atoms with E-state index >= 15 is 0 Å². The molecule has 0 bridgehead atoms. The summed E-state index contributed by atoms with van der Waals surface area (Å²) in [6.07, 6.45) is 3.20. The maximum absolute atomic E-state index is 13.5. The molecule has 1 unspecified atom stereocenters. The summed E-state index contributed by atoms with van der Waals surface area (Å²) in [5.74, 6) is -0.317. The van der Waals surface area contributed by atoms with Crippen LogP contribution in [-0.2, 0) is 27.3 Å². The Morgan fingerprint density at radius 3 is 2.47 bits per heavy atom. The number of aryl methyl sites for hydroxylation is 1. The first-order chi connectivity index (χ1) is 16.1. The molecule has 0 radical (unpaired) electrons. The highest BCUT2D eigenvalue weighted by Crippen LogP contribution is 2.45. The number of fused-ring (bicyclic) bond motifs is 3. The number of carbonyl (C=O) groups excluding carboxylic acids is 4. The average Bonchev–Trinajstić information content (AvgIpc) is 3.10. The summed E-state index contributed by atoms with van der Waals surface area (Å²) in [7, 11) is 0. The van der Waals surface area contributed by atoms with Crippen molar-refractivity contribution < 1.29 is 28.7 Å². The number of amides is 4. The highest BCUT2D eigenvalue weighted by molar-refractivity contribution is 6.06. The first-order valence-corrected chi connectivity index (χ1v) is 12.0. The number of benzene rings is 1. The molecule has 34 heavy (non-hydrogen) atoms. The van der Waals surface area contributed by atoms with Crippen molar-refractivity contribution in [2.45, 2.75) is 83.1 Å². The molecule has 4 aliphatic heterocycles. The molecule has 9 nitrogen and oxygen atoms in total. The summed E-state index contributed by atoms with van der Waals surface area (Å²) in [4.78, 5) is 53.1. The Morgan fingerprint density at radius 1 is 1.09 bits per heavy atom. The van der Waals surface area contributed by atoms with Crippen molar-refractivity contribution in [3.8, 4) is 5.75 Å². The normalized spacial score (nSPS) is 23.9. The van der Waals surface area contributed by atoms with Crippen LogP contribution in [0.3, 0.4) is 0 Å². The van der Waals surface area contributed by atoms with E-state index in [2.05, 4.69) is 5.32 Å². The highest BCUT2D eigenvalue weighted by atomic mass is 16.6. The summed E-state index contributed by atoms with van der Waals surface area (Å²) in [6.45, 7) is 6.97. The molecule has 1 aromatic rings. The predicted octanol–water partition coefficient (Wildman–Crippen LogP) is 2.54. The summed E-state index contributed by atoms with van der Waals surface area (Å²) in [5.41, 5.74) is 1.41. The molecule has 0 saturated carbocycles. The molecular weight excluding hydrogens is 438 g/mol. The second-order valence-corrected chi connectivity index (χ2v) is 10.7. The summed E-state index contributed by atoms with van der Waals surface area (Å²) in [6, 6.07) is 3.31. The Hall–Kier alpha value is -3.10. The van der Waals surface area contributed by atoms with Gasteiger partial charge in [0.2, 0.25) is 11.8 Å². The van der Waals surface area contributed by atoms with E-state index in [-0.39, 0.29) is 24.3 Å². The van der Waals surface area contributed by atoms with Crippen LogP contribution in [0.4, 0.5) is 4.79 Å². The van der Waals surface area contributed by atoms with Gasteiger partial charge in [0.1, 0.15) is 23.0 Å². The van der Waals surface area contributed by atoms with Crippen molar-refractivity contribution in [3.63, 3.8) is 0 Å². The number of hydrogen-bond acceptors (Lipinski definition) is 6. The van der Waals surface area contributed by atoms with Crippen LogP contribution in [0.2, 0.25) is 0 Å². The lowest BCUT2D eigenvalue weighted by Crippen LogP contribution is -2.53. The molecule has 1 aromatic carbocycles. The van der Waals surface area contributed by atoms with Gasteiger partial charge in [-0.05, 0) is 51.2 Å². The van der Waals surface area contributed by atoms with Gasteiger partial charge in [0.05, 0.1) is 5.56 Å². The number of carbonyl (C=O) groups is 4. The molecule has 9 heteroatoms. The SMILES string of the molecule is CC(C)(C)OC(=O)N1CCC2(CCc3ccc4c(c3O2)C(=O)N(C2CCC(=O)NC2=O)C4)CC1. The van der Waals surface area contributed by atoms with E-state index in [0.717, 1.165) is 24.0 Å². The van der Waals surface area contributed by atoms with Gasteiger partial charge in [-0.25, -0.2) is 4.79 Å². The molecule has 1 N–H and O–H groups in total. The minimum atomic E-state index is -0.650. The number of piperidine rings is 2. The Bertz CT molecular complexity index is 1070. The van der Waals surface area contributed by atoms with Crippen molar-refractivity contribution in [1.29, 1.82) is 0 Å². The fraction of sp³-hybridized carbons (Fsp3) is 0.600. The van der Waals surface area contributed by atoms with E-state index in [4.69, 9.17) is 9.47 Å². The van der Waals surface area contributed by atoms with Crippen LogP contribution in [0.25, 0.3) is 0 Å². The fourth-order valence-electron chi connectivity index (χ4n) is 5.38. The number of rotatable bonds is 1. The molecule has 2 fully saturated rings. The molecule has 1 spiro atoms. The van der Waals surface area contributed by atoms with Gasteiger partial charge in [0.25, 0.3) is 5.91 Å². The van der Waals surface area contributed by atoms with Gasteiger partial charge in [-0.3, -0.25) is 19.7 Å². The zero-order valence-corrected chi connectivity index (χ0v) is 19.9. The smallest absolute Gasteiger partial charge is 0.410 e. The largest absolute Gasteiger partial charge is 0.486 e. The van der Waals surface area contributed by atoms with Crippen molar-refractivity contribution >= 4 is 23.8 Å². The van der Waals surface area contributed by atoms with E-state index in [1.807, 2.05) is 32.9 Å². The number of nitrogens with one attached hydrogen (secondary N) is 1. The minimum absolute atomic E-state index is 0.218. The van der Waals surface area contributed by atoms with Gasteiger partial charge >= 0.3 is 6.09 Å². The number of hydrogen-bond donors (Lipinski definition) is 1. The molecule has 1 atom stereocenters. The summed E-state index contributed by atoms with van der Waals surface area (Å²) >= 11 is 0. The molecule has 4 amide bonds. The Labute approximate surface area is 198 Å². The molecule has 5 rings (SSSR count). The second kappa shape index (κ2) is 7.99. The quantitative estimate of drug-likeness (QED) is 0.634. The first-order valence-electron chi connectivity index (χ1n) is 12.0. The maximum atomic E-state index is 13.5. The van der Waals surface area contributed by atoms with Crippen molar-refractivity contribution in [3.05, 3.63) is 28.8 Å². The third kappa shape index (κ3) is 4.01. The Morgan fingerprint density at radius 2 is 1.79 bits per heavy atom. The molecule has 4 aliphatic rings. The van der Waals surface area contributed by atoms with Crippen LogP contribution in [0.5, 0.6) is 5.75 Å². The van der Waals surface area contributed by atoms with Gasteiger partial charge < -0.3 is 19.3 Å².